The normalized spacial score (nSPS) is 11.5. The molecule has 0 saturated carbocycles. The van der Waals surface area contributed by atoms with Crippen LogP contribution in [0.1, 0.15) is 0 Å². The van der Waals surface area contributed by atoms with Crippen molar-refractivity contribution in [1.82, 2.24) is 9.55 Å². The number of fused-ring (bicyclic) bond motifs is 3. The van der Waals surface area contributed by atoms with Crippen LogP contribution in [0.4, 0.5) is 0 Å². The van der Waals surface area contributed by atoms with Gasteiger partial charge in [0.25, 0.3) is 0 Å². The molecule has 3 rings (SSSR count). The lowest BCUT2D eigenvalue weighted by Crippen LogP contribution is -1.84. The van der Waals surface area contributed by atoms with Crippen LogP contribution in [0.15, 0.2) is 29.9 Å². The summed E-state index contributed by atoms with van der Waals surface area (Å²) in [5.74, 6) is 0. The molecule has 0 N–H and O–H groups in total. The maximum atomic E-state index is 4.38. The molecule has 0 bridgehead atoms. The van der Waals surface area contributed by atoms with Gasteiger partial charge in [-0.15, -0.1) is 11.3 Å². The molecule has 0 unspecified atom stereocenters. The van der Waals surface area contributed by atoms with Gasteiger partial charge < -0.3 is 4.57 Å². The average molecular weight is 188 g/mol. The van der Waals surface area contributed by atoms with Crippen LogP contribution in [-0.2, 0) is 7.05 Å². The Kier molecular flexibility index (Phi) is 1.27. The fraction of sp³-hybridized carbons (Fsp3) is 0.100. The summed E-state index contributed by atoms with van der Waals surface area (Å²) in [5, 5.41) is 3.31. The number of pyridine rings is 1. The highest BCUT2D eigenvalue weighted by Crippen LogP contribution is 2.27. The molecule has 13 heavy (non-hydrogen) atoms. The second-order valence-electron chi connectivity index (χ2n) is 3.12. The largest absolute Gasteiger partial charge is 0.349 e. The van der Waals surface area contributed by atoms with Crippen LogP contribution in [0.5, 0.6) is 0 Å². The molecule has 0 spiro atoms. The van der Waals surface area contributed by atoms with Gasteiger partial charge in [0.15, 0.2) is 0 Å². The van der Waals surface area contributed by atoms with Gasteiger partial charge in [-0.05, 0) is 17.5 Å². The van der Waals surface area contributed by atoms with E-state index >= 15 is 0 Å². The lowest BCUT2D eigenvalue weighted by atomic mass is 10.3. The van der Waals surface area contributed by atoms with Crippen LogP contribution in [0.2, 0.25) is 0 Å². The molecule has 0 radical (unpaired) electrons. The van der Waals surface area contributed by atoms with Gasteiger partial charge in [-0.25, -0.2) is 0 Å². The van der Waals surface area contributed by atoms with E-state index in [1.54, 1.807) is 11.3 Å². The van der Waals surface area contributed by atoms with E-state index in [4.69, 9.17) is 0 Å². The Morgan fingerprint density at radius 3 is 3.23 bits per heavy atom. The minimum absolute atomic E-state index is 1.10. The average Bonchev–Trinajstić information content (AvgIpc) is 2.70. The first kappa shape index (κ1) is 7.09. The Balaban J connectivity index is 2.70. The SMILES string of the molecule is Cn1ccc2cnc3ccsc3c21. The lowest BCUT2D eigenvalue weighted by Gasteiger charge is -1.96. The molecule has 64 valence electrons. The molecule has 0 atom stereocenters. The second kappa shape index (κ2) is 2.33. The molecular formula is C10H8N2S. The van der Waals surface area contributed by atoms with Gasteiger partial charge in [-0.3, -0.25) is 4.98 Å². The Morgan fingerprint density at radius 2 is 2.31 bits per heavy atom. The summed E-state index contributed by atoms with van der Waals surface area (Å²) in [7, 11) is 2.07. The quantitative estimate of drug-likeness (QED) is 0.530. The maximum absolute atomic E-state index is 4.38. The standard InChI is InChI=1S/C10H8N2S/c1-12-4-2-7-6-11-8-3-5-13-10(8)9(7)12/h2-6H,1H3. The van der Waals surface area contributed by atoms with E-state index in [1.165, 1.54) is 15.6 Å². The Bertz CT molecular complexity index is 577. The highest BCUT2D eigenvalue weighted by atomic mass is 32.1. The van der Waals surface area contributed by atoms with Crippen molar-refractivity contribution in [3.8, 4) is 0 Å². The van der Waals surface area contributed by atoms with Gasteiger partial charge in [0.2, 0.25) is 0 Å². The first-order valence-electron chi connectivity index (χ1n) is 4.13. The van der Waals surface area contributed by atoms with E-state index in [-0.39, 0.29) is 0 Å². The summed E-state index contributed by atoms with van der Waals surface area (Å²) in [6.45, 7) is 0. The van der Waals surface area contributed by atoms with Crippen molar-refractivity contribution in [2.45, 2.75) is 0 Å². The zero-order chi connectivity index (χ0) is 8.84. The molecule has 3 aromatic rings. The fourth-order valence-corrected chi connectivity index (χ4v) is 2.61. The van der Waals surface area contributed by atoms with Gasteiger partial charge in [0.1, 0.15) is 0 Å². The Labute approximate surface area is 79.4 Å². The number of thiophene rings is 1. The smallest absolute Gasteiger partial charge is 0.0831 e. The van der Waals surface area contributed by atoms with Gasteiger partial charge >= 0.3 is 0 Å². The predicted octanol–water partition coefficient (Wildman–Crippen LogP) is 2.79. The predicted molar refractivity (Wildman–Crippen MR) is 56.1 cm³/mol. The Morgan fingerprint density at radius 1 is 1.38 bits per heavy atom. The van der Waals surface area contributed by atoms with Crippen molar-refractivity contribution in [3.63, 3.8) is 0 Å². The van der Waals surface area contributed by atoms with Crippen LogP contribution in [0.25, 0.3) is 21.1 Å². The molecule has 3 aromatic heterocycles. The van der Waals surface area contributed by atoms with Gasteiger partial charge in [-0.2, -0.15) is 0 Å². The summed E-state index contributed by atoms with van der Waals surface area (Å²) >= 11 is 1.75. The number of hydrogen-bond donors (Lipinski definition) is 0. The molecular weight excluding hydrogens is 180 g/mol. The van der Waals surface area contributed by atoms with E-state index in [0.717, 1.165) is 5.52 Å². The summed E-state index contributed by atoms with van der Waals surface area (Å²) in [6.07, 6.45) is 4.01. The number of rotatable bonds is 0. The minimum atomic E-state index is 1.10. The van der Waals surface area contributed by atoms with Crippen LogP contribution < -0.4 is 0 Å². The molecule has 0 fully saturated rings. The highest BCUT2D eigenvalue weighted by molar-refractivity contribution is 7.18. The van der Waals surface area contributed by atoms with Crippen molar-refractivity contribution in [1.29, 1.82) is 0 Å². The van der Waals surface area contributed by atoms with Crippen LogP contribution in [-0.4, -0.2) is 9.55 Å². The molecule has 0 aliphatic carbocycles. The molecule has 0 aliphatic heterocycles. The van der Waals surface area contributed by atoms with Crippen LogP contribution in [0.3, 0.4) is 0 Å². The summed E-state index contributed by atoms with van der Waals surface area (Å²) in [4.78, 5) is 4.38. The third kappa shape index (κ3) is 0.848. The van der Waals surface area contributed by atoms with Gasteiger partial charge in [-0.1, -0.05) is 0 Å². The van der Waals surface area contributed by atoms with E-state index in [2.05, 4.69) is 40.3 Å². The molecule has 0 aliphatic rings. The van der Waals surface area contributed by atoms with Crippen molar-refractivity contribution in [2.75, 3.05) is 0 Å². The summed E-state index contributed by atoms with van der Waals surface area (Å²) in [5.41, 5.74) is 2.39. The second-order valence-corrected chi connectivity index (χ2v) is 4.04. The molecule has 0 saturated heterocycles. The zero-order valence-corrected chi connectivity index (χ0v) is 8.01. The molecule has 2 nitrogen and oxygen atoms in total. The van der Waals surface area contributed by atoms with E-state index < -0.39 is 0 Å². The van der Waals surface area contributed by atoms with Gasteiger partial charge in [0.05, 0.1) is 15.7 Å². The van der Waals surface area contributed by atoms with Crippen molar-refractivity contribution in [2.24, 2.45) is 7.05 Å². The highest BCUT2D eigenvalue weighted by Gasteiger charge is 2.04. The van der Waals surface area contributed by atoms with Crippen molar-refractivity contribution < 1.29 is 0 Å². The van der Waals surface area contributed by atoms with E-state index in [1.807, 2.05) is 6.20 Å². The number of hydrogen-bond acceptors (Lipinski definition) is 2. The van der Waals surface area contributed by atoms with E-state index in [9.17, 15) is 0 Å². The molecule has 3 heterocycles. The summed E-state index contributed by atoms with van der Waals surface area (Å²) < 4.78 is 3.43. The first-order valence-corrected chi connectivity index (χ1v) is 5.01. The third-order valence-corrected chi connectivity index (χ3v) is 3.22. The maximum Gasteiger partial charge on any atom is 0.0831 e. The topological polar surface area (TPSA) is 17.8 Å². The molecule has 0 amide bonds. The van der Waals surface area contributed by atoms with Crippen LogP contribution >= 0.6 is 11.3 Å². The van der Waals surface area contributed by atoms with E-state index in [0.29, 0.717) is 0 Å². The minimum Gasteiger partial charge on any atom is -0.349 e. The summed E-state index contributed by atoms with van der Waals surface area (Å²) in [6, 6.07) is 4.16. The van der Waals surface area contributed by atoms with Crippen molar-refractivity contribution in [3.05, 3.63) is 29.9 Å². The van der Waals surface area contributed by atoms with Gasteiger partial charge in [0, 0.05) is 24.8 Å². The number of aryl methyl sites for hydroxylation is 1. The number of nitrogens with zero attached hydrogens (tertiary/aromatic N) is 2. The van der Waals surface area contributed by atoms with Crippen molar-refractivity contribution >= 4 is 32.5 Å². The lowest BCUT2D eigenvalue weighted by molar-refractivity contribution is 0.973. The number of aromatic nitrogens is 2. The first-order chi connectivity index (χ1) is 6.36. The fourth-order valence-electron chi connectivity index (χ4n) is 1.67. The molecule has 3 heteroatoms. The zero-order valence-electron chi connectivity index (χ0n) is 7.19. The van der Waals surface area contributed by atoms with Crippen LogP contribution in [0, 0.1) is 0 Å². The monoisotopic (exact) mass is 188 g/mol. The Hall–Kier alpha value is -1.35. The third-order valence-electron chi connectivity index (χ3n) is 2.31. The molecule has 0 aromatic carbocycles.